The maximum Gasteiger partial charge on any atom is 0.182 e. The van der Waals surface area contributed by atoms with Crippen LogP contribution in [0.4, 0.5) is 5.69 Å². The highest BCUT2D eigenvalue weighted by Crippen LogP contribution is 2.27. The van der Waals surface area contributed by atoms with Crippen LogP contribution in [0.1, 0.15) is 21.5 Å². The maximum absolute atomic E-state index is 12.3. The van der Waals surface area contributed by atoms with Crippen LogP contribution in [0.15, 0.2) is 48.5 Å². The van der Waals surface area contributed by atoms with Gasteiger partial charge >= 0.3 is 0 Å². The summed E-state index contributed by atoms with van der Waals surface area (Å²) in [7, 11) is 0. The van der Waals surface area contributed by atoms with Gasteiger partial charge in [-0.15, -0.1) is 0 Å². The first-order valence-corrected chi connectivity index (χ1v) is 6.64. The predicted molar refractivity (Wildman–Crippen MR) is 77.8 cm³/mol. The van der Waals surface area contributed by atoms with Crippen molar-refractivity contribution in [3.05, 3.63) is 65.2 Å². The Morgan fingerprint density at radius 2 is 1.90 bits per heavy atom. The quantitative estimate of drug-likeness (QED) is 0.799. The molecular formula is C17H14N2O. The van der Waals surface area contributed by atoms with Crippen molar-refractivity contribution < 1.29 is 4.79 Å². The third kappa shape index (κ3) is 2.28. The summed E-state index contributed by atoms with van der Waals surface area (Å²) < 4.78 is 0. The fourth-order valence-electron chi connectivity index (χ4n) is 2.57. The molecule has 0 unspecified atom stereocenters. The van der Waals surface area contributed by atoms with Gasteiger partial charge in [0.1, 0.15) is 0 Å². The molecule has 0 aromatic heterocycles. The summed E-state index contributed by atoms with van der Waals surface area (Å²) in [5, 5.41) is 8.76. The second-order valence-electron chi connectivity index (χ2n) is 4.91. The van der Waals surface area contributed by atoms with Gasteiger partial charge in [-0.2, -0.15) is 5.26 Å². The second-order valence-corrected chi connectivity index (χ2v) is 4.91. The van der Waals surface area contributed by atoms with Crippen molar-refractivity contribution in [2.75, 3.05) is 18.0 Å². The van der Waals surface area contributed by atoms with E-state index in [0.717, 1.165) is 18.7 Å². The number of ketones is 1. The van der Waals surface area contributed by atoms with Gasteiger partial charge in [-0.25, -0.2) is 0 Å². The van der Waals surface area contributed by atoms with E-state index in [0.29, 0.717) is 17.7 Å². The fraction of sp³-hybridized carbons (Fsp3) is 0.176. The molecule has 0 amide bonds. The molecule has 0 N–H and O–H groups in total. The van der Waals surface area contributed by atoms with E-state index in [1.54, 1.807) is 24.3 Å². The van der Waals surface area contributed by atoms with Gasteiger partial charge in [0.05, 0.1) is 18.2 Å². The number of anilines is 1. The number of carbonyl (C=O) groups excluding carboxylic acids is 1. The average molecular weight is 262 g/mol. The second kappa shape index (κ2) is 5.18. The number of rotatable bonds is 3. The Hall–Kier alpha value is -2.60. The van der Waals surface area contributed by atoms with Crippen LogP contribution in [0, 0.1) is 11.3 Å². The minimum absolute atomic E-state index is 0.0891. The van der Waals surface area contributed by atoms with Crippen LogP contribution >= 0.6 is 0 Å². The van der Waals surface area contributed by atoms with Crippen LogP contribution in [0.2, 0.25) is 0 Å². The van der Waals surface area contributed by atoms with Crippen molar-refractivity contribution >= 4 is 11.5 Å². The minimum Gasteiger partial charge on any atom is -0.363 e. The number of nitriles is 1. The van der Waals surface area contributed by atoms with Crippen molar-refractivity contribution in [1.29, 1.82) is 5.26 Å². The van der Waals surface area contributed by atoms with E-state index in [1.165, 1.54) is 5.56 Å². The van der Waals surface area contributed by atoms with Crippen LogP contribution < -0.4 is 4.90 Å². The zero-order chi connectivity index (χ0) is 13.9. The molecule has 2 aromatic carbocycles. The number of nitrogens with zero attached hydrogens (tertiary/aromatic N) is 2. The van der Waals surface area contributed by atoms with Gasteiger partial charge in [-0.3, -0.25) is 4.79 Å². The Morgan fingerprint density at radius 1 is 1.15 bits per heavy atom. The number of fused-ring (bicyclic) bond motifs is 1. The third-order valence-electron chi connectivity index (χ3n) is 3.65. The lowest BCUT2D eigenvalue weighted by Crippen LogP contribution is -2.27. The highest BCUT2D eigenvalue weighted by atomic mass is 16.1. The fourth-order valence-corrected chi connectivity index (χ4v) is 2.57. The average Bonchev–Trinajstić information content (AvgIpc) is 2.91. The smallest absolute Gasteiger partial charge is 0.182 e. The van der Waals surface area contributed by atoms with E-state index < -0.39 is 0 Å². The van der Waals surface area contributed by atoms with Gasteiger partial charge in [-0.05, 0) is 30.2 Å². The Bertz CT molecular complexity index is 683. The Balaban J connectivity index is 1.75. The summed E-state index contributed by atoms with van der Waals surface area (Å²) in [6.45, 7) is 1.28. The Morgan fingerprint density at radius 3 is 2.65 bits per heavy atom. The Labute approximate surface area is 118 Å². The molecular weight excluding hydrogens is 248 g/mol. The summed E-state index contributed by atoms with van der Waals surface area (Å²) in [6, 6.07) is 17.1. The van der Waals surface area contributed by atoms with Crippen molar-refractivity contribution in [2.45, 2.75) is 6.42 Å². The number of benzene rings is 2. The molecule has 1 aliphatic rings. The molecule has 1 heterocycles. The molecule has 0 spiro atoms. The molecule has 0 fully saturated rings. The van der Waals surface area contributed by atoms with E-state index >= 15 is 0 Å². The highest BCUT2D eigenvalue weighted by Gasteiger charge is 2.20. The molecule has 20 heavy (non-hydrogen) atoms. The van der Waals surface area contributed by atoms with Crippen LogP contribution in [-0.4, -0.2) is 18.9 Å². The van der Waals surface area contributed by atoms with E-state index in [9.17, 15) is 4.79 Å². The van der Waals surface area contributed by atoms with Crippen molar-refractivity contribution in [3.63, 3.8) is 0 Å². The monoisotopic (exact) mass is 262 g/mol. The summed E-state index contributed by atoms with van der Waals surface area (Å²) in [6.07, 6.45) is 0.997. The van der Waals surface area contributed by atoms with Crippen molar-refractivity contribution in [3.8, 4) is 6.07 Å². The molecule has 0 atom stereocenters. The predicted octanol–water partition coefficient (Wildman–Crippen LogP) is 2.80. The van der Waals surface area contributed by atoms with Crippen LogP contribution in [0.5, 0.6) is 0 Å². The standard InChI is InChI=1S/C17H14N2O/c18-11-13-5-7-15(8-6-13)17(20)12-19-10-9-14-3-1-2-4-16(14)19/h1-8H,9-10,12H2. The first-order chi connectivity index (χ1) is 9.78. The molecule has 3 heteroatoms. The lowest BCUT2D eigenvalue weighted by Gasteiger charge is -2.18. The van der Waals surface area contributed by atoms with Gasteiger partial charge in [0.25, 0.3) is 0 Å². The number of Topliss-reactive ketones (excluding diaryl/α,β-unsaturated/α-hetero) is 1. The topological polar surface area (TPSA) is 44.1 Å². The first-order valence-electron chi connectivity index (χ1n) is 6.64. The Kier molecular flexibility index (Phi) is 3.22. The van der Waals surface area contributed by atoms with E-state index in [-0.39, 0.29) is 5.78 Å². The minimum atomic E-state index is 0.0891. The van der Waals surface area contributed by atoms with Gasteiger partial charge < -0.3 is 4.90 Å². The molecule has 0 saturated carbocycles. The normalized spacial score (nSPS) is 12.8. The molecule has 0 saturated heterocycles. The molecule has 2 aromatic rings. The molecule has 0 radical (unpaired) electrons. The molecule has 0 aliphatic carbocycles. The van der Waals surface area contributed by atoms with Crippen molar-refractivity contribution in [1.82, 2.24) is 0 Å². The maximum atomic E-state index is 12.3. The van der Waals surface area contributed by atoms with E-state index in [1.807, 2.05) is 12.1 Å². The first kappa shape index (κ1) is 12.4. The van der Waals surface area contributed by atoms with Gasteiger partial charge in [0, 0.05) is 17.8 Å². The van der Waals surface area contributed by atoms with Crippen molar-refractivity contribution in [2.24, 2.45) is 0 Å². The van der Waals surface area contributed by atoms with Crippen LogP contribution in [0.3, 0.4) is 0 Å². The summed E-state index contributed by atoms with van der Waals surface area (Å²) in [5.41, 5.74) is 3.70. The lowest BCUT2D eigenvalue weighted by atomic mass is 10.1. The van der Waals surface area contributed by atoms with Gasteiger partial charge in [-0.1, -0.05) is 30.3 Å². The highest BCUT2D eigenvalue weighted by molar-refractivity contribution is 5.99. The number of para-hydroxylation sites is 1. The summed E-state index contributed by atoms with van der Waals surface area (Å²) in [4.78, 5) is 14.4. The number of hydrogen-bond donors (Lipinski definition) is 0. The summed E-state index contributed by atoms with van der Waals surface area (Å²) in [5.74, 6) is 0.0891. The lowest BCUT2D eigenvalue weighted by molar-refractivity contribution is 0.0999. The zero-order valence-corrected chi connectivity index (χ0v) is 11.0. The van der Waals surface area contributed by atoms with Crippen LogP contribution in [0.25, 0.3) is 0 Å². The largest absolute Gasteiger partial charge is 0.363 e. The SMILES string of the molecule is N#Cc1ccc(C(=O)CN2CCc3ccccc32)cc1. The van der Waals surface area contributed by atoms with Gasteiger partial charge in [0.2, 0.25) is 0 Å². The van der Waals surface area contributed by atoms with Gasteiger partial charge in [0.15, 0.2) is 5.78 Å². The number of carbonyl (C=O) groups is 1. The summed E-state index contributed by atoms with van der Waals surface area (Å²) >= 11 is 0. The zero-order valence-electron chi connectivity index (χ0n) is 11.0. The number of hydrogen-bond acceptors (Lipinski definition) is 3. The van der Waals surface area contributed by atoms with E-state index in [2.05, 4.69) is 23.1 Å². The molecule has 98 valence electrons. The van der Waals surface area contributed by atoms with Crippen LogP contribution in [-0.2, 0) is 6.42 Å². The molecule has 3 rings (SSSR count). The molecule has 3 nitrogen and oxygen atoms in total. The third-order valence-corrected chi connectivity index (χ3v) is 3.65. The molecule has 0 bridgehead atoms. The van der Waals surface area contributed by atoms with E-state index in [4.69, 9.17) is 5.26 Å². The molecule has 1 aliphatic heterocycles.